The minimum absolute atomic E-state index is 0.194. The molecule has 9 heteroatoms. The Morgan fingerprint density at radius 1 is 0.909 bits per heavy atom. The van der Waals surface area contributed by atoms with Crippen molar-refractivity contribution >= 4 is 56.8 Å². The number of nitrogens with one attached hydrogen (secondary N) is 1. The molecule has 5 aromatic rings. The van der Waals surface area contributed by atoms with E-state index in [1.54, 1.807) is 41.0 Å². The highest BCUT2D eigenvalue weighted by molar-refractivity contribution is 7.98. The lowest BCUT2D eigenvalue weighted by molar-refractivity contribution is 0.813. The molecule has 1 N–H and O–H groups in total. The molecule has 0 aliphatic carbocycles. The van der Waals surface area contributed by atoms with Crippen molar-refractivity contribution in [3.05, 3.63) is 103 Å². The normalized spacial score (nSPS) is 11.4. The zero-order valence-corrected chi connectivity index (χ0v) is 19.6. The fraction of sp³-hybridized carbons (Fsp3) is 0.0833. The number of benzene rings is 3. The van der Waals surface area contributed by atoms with Gasteiger partial charge >= 0.3 is 0 Å². The van der Waals surface area contributed by atoms with Gasteiger partial charge in [-0.3, -0.25) is 14.2 Å². The second kappa shape index (κ2) is 8.67. The van der Waals surface area contributed by atoms with Crippen LogP contribution in [0.4, 0.5) is 0 Å². The van der Waals surface area contributed by atoms with Crippen molar-refractivity contribution < 1.29 is 0 Å². The summed E-state index contributed by atoms with van der Waals surface area (Å²) < 4.78 is 1.59. The number of hydrogen-bond acceptors (Lipinski definition) is 5. The Labute approximate surface area is 202 Å². The molecule has 3 aromatic carbocycles. The number of halogens is 2. The molecule has 0 aliphatic heterocycles. The molecule has 33 heavy (non-hydrogen) atoms. The number of hydrogen-bond donors (Lipinski definition) is 1. The summed E-state index contributed by atoms with van der Waals surface area (Å²) in [6.07, 6.45) is 0. The Morgan fingerprint density at radius 3 is 2.30 bits per heavy atom. The number of aromatic nitrogens is 4. The summed E-state index contributed by atoms with van der Waals surface area (Å²) >= 11 is 13.5. The van der Waals surface area contributed by atoms with Gasteiger partial charge in [0, 0.05) is 10.0 Å². The van der Waals surface area contributed by atoms with Crippen molar-refractivity contribution in [2.75, 3.05) is 0 Å². The average Bonchev–Trinajstić information content (AvgIpc) is 2.78. The van der Waals surface area contributed by atoms with Gasteiger partial charge in [0.15, 0.2) is 5.16 Å². The van der Waals surface area contributed by atoms with E-state index in [0.717, 1.165) is 11.3 Å². The molecule has 2 aromatic heterocycles. The third-order valence-electron chi connectivity index (χ3n) is 5.21. The minimum atomic E-state index is -0.248. The van der Waals surface area contributed by atoms with Crippen LogP contribution >= 0.6 is 35.0 Å². The quantitative estimate of drug-likeness (QED) is 0.262. The van der Waals surface area contributed by atoms with Crippen molar-refractivity contribution in [1.82, 2.24) is 19.5 Å². The fourth-order valence-electron chi connectivity index (χ4n) is 3.62. The van der Waals surface area contributed by atoms with Crippen LogP contribution in [0.25, 0.3) is 27.5 Å². The summed E-state index contributed by atoms with van der Waals surface area (Å²) in [7, 11) is 0. The number of aryl methyl sites for hydroxylation is 1. The van der Waals surface area contributed by atoms with E-state index in [0.29, 0.717) is 48.6 Å². The number of H-pyrrole nitrogens is 1. The van der Waals surface area contributed by atoms with Crippen LogP contribution in [0.15, 0.2) is 75.4 Å². The highest BCUT2D eigenvalue weighted by atomic mass is 35.5. The zero-order valence-electron chi connectivity index (χ0n) is 17.3. The Balaban J connectivity index is 1.64. The van der Waals surface area contributed by atoms with Crippen LogP contribution in [-0.4, -0.2) is 19.5 Å². The van der Waals surface area contributed by atoms with Gasteiger partial charge in [-0.25, -0.2) is 9.97 Å². The van der Waals surface area contributed by atoms with Gasteiger partial charge in [-0.1, -0.05) is 53.2 Å². The lowest BCUT2D eigenvalue weighted by Crippen LogP contribution is -2.22. The van der Waals surface area contributed by atoms with Crippen LogP contribution < -0.4 is 11.1 Å². The number of rotatable bonds is 4. The molecule has 0 amide bonds. The summed E-state index contributed by atoms with van der Waals surface area (Å²) in [6, 6.07) is 17.6. The van der Waals surface area contributed by atoms with Gasteiger partial charge in [-0.15, -0.1) is 0 Å². The highest BCUT2D eigenvalue weighted by Gasteiger charge is 2.16. The second-order valence-electron chi connectivity index (χ2n) is 7.45. The molecule has 6 nitrogen and oxygen atoms in total. The summed E-state index contributed by atoms with van der Waals surface area (Å²) in [5.41, 5.74) is 2.24. The van der Waals surface area contributed by atoms with Crippen molar-refractivity contribution in [2.24, 2.45) is 0 Å². The van der Waals surface area contributed by atoms with Gasteiger partial charge in [-0.2, -0.15) is 0 Å². The van der Waals surface area contributed by atoms with Crippen molar-refractivity contribution in [3.63, 3.8) is 0 Å². The predicted octanol–water partition coefficient (Wildman–Crippen LogP) is 5.53. The number of para-hydroxylation sites is 1. The molecule has 0 radical (unpaired) electrons. The average molecular weight is 495 g/mol. The summed E-state index contributed by atoms with van der Waals surface area (Å²) in [6.45, 7) is 1.94. The smallest absolute Gasteiger partial charge is 0.266 e. The summed E-state index contributed by atoms with van der Waals surface area (Å²) in [5, 5.41) is 2.40. The molecule has 0 unspecified atom stereocenters. The molecule has 0 saturated heterocycles. The number of fused-ring (bicyclic) bond motifs is 2. The molecule has 5 rings (SSSR count). The lowest BCUT2D eigenvalue weighted by atomic mass is 10.2. The Kier molecular flexibility index (Phi) is 5.70. The first-order valence-electron chi connectivity index (χ1n) is 10.0. The van der Waals surface area contributed by atoms with Crippen LogP contribution in [0.3, 0.4) is 0 Å². The Morgan fingerprint density at radius 2 is 1.58 bits per heavy atom. The van der Waals surface area contributed by atoms with Crippen molar-refractivity contribution in [3.8, 4) is 5.69 Å². The number of thioether (sulfide) groups is 1. The van der Waals surface area contributed by atoms with Gasteiger partial charge < -0.3 is 4.98 Å². The van der Waals surface area contributed by atoms with E-state index < -0.39 is 0 Å². The topological polar surface area (TPSA) is 80.6 Å². The van der Waals surface area contributed by atoms with Crippen LogP contribution in [-0.2, 0) is 5.75 Å². The molecule has 0 aliphatic rings. The van der Waals surface area contributed by atoms with E-state index in [1.807, 2.05) is 31.2 Å². The minimum Gasteiger partial charge on any atom is -0.309 e. The van der Waals surface area contributed by atoms with Gasteiger partial charge in [0.1, 0.15) is 5.82 Å². The Hall–Kier alpha value is -3.13. The molecule has 0 fully saturated rings. The second-order valence-corrected chi connectivity index (χ2v) is 9.26. The molecule has 0 bridgehead atoms. The first-order valence-corrected chi connectivity index (χ1v) is 11.7. The van der Waals surface area contributed by atoms with Crippen LogP contribution in [0.1, 0.15) is 11.4 Å². The van der Waals surface area contributed by atoms with E-state index >= 15 is 0 Å². The largest absolute Gasteiger partial charge is 0.309 e. The van der Waals surface area contributed by atoms with E-state index in [4.69, 9.17) is 28.2 Å². The third-order valence-corrected chi connectivity index (χ3v) is 6.63. The molecular formula is C24H16Cl2N4O2S. The molecular weight excluding hydrogens is 479 g/mol. The standard InChI is InChI=1S/C24H16Cl2N4O2S/c1-13-4-2-3-5-20(13)30-23(32)17-9-7-15(26)11-19(17)28-24(30)33-12-21-27-18-10-14(25)6-8-16(18)22(31)29-21/h2-11H,12H2,1H3,(H,27,29,31). The van der Waals surface area contributed by atoms with Crippen molar-refractivity contribution in [2.45, 2.75) is 17.8 Å². The van der Waals surface area contributed by atoms with E-state index in [-0.39, 0.29) is 11.1 Å². The number of nitrogens with zero attached hydrogens (tertiary/aromatic N) is 3. The maximum atomic E-state index is 13.5. The molecule has 0 saturated carbocycles. The molecule has 164 valence electrons. The van der Waals surface area contributed by atoms with Crippen LogP contribution in [0, 0.1) is 6.92 Å². The van der Waals surface area contributed by atoms with E-state index in [9.17, 15) is 9.59 Å². The summed E-state index contributed by atoms with van der Waals surface area (Å²) in [5.74, 6) is 0.749. The highest BCUT2D eigenvalue weighted by Crippen LogP contribution is 2.26. The number of aromatic amines is 1. The van der Waals surface area contributed by atoms with E-state index in [1.165, 1.54) is 11.8 Å². The molecule has 2 heterocycles. The summed E-state index contributed by atoms with van der Waals surface area (Å²) in [4.78, 5) is 38.0. The van der Waals surface area contributed by atoms with Gasteiger partial charge in [0.25, 0.3) is 11.1 Å². The van der Waals surface area contributed by atoms with Crippen molar-refractivity contribution in [1.29, 1.82) is 0 Å². The van der Waals surface area contributed by atoms with Gasteiger partial charge in [-0.05, 0) is 55.0 Å². The maximum Gasteiger partial charge on any atom is 0.266 e. The predicted molar refractivity (Wildman–Crippen MR) is 134 cm³/mol. The lowest BCUT2D eigenvalue weighted by Gasteiger charge is -2.15. The van der Waals surface area contributed by atoms with Gasteiger partial charge in [0.05, 0.1) is 33.2 Å². The van der Waals surface area contributed by atoms with Crippen LogP contribution in [0.2, 0.25) is 10.0 Å². The maximum absolute atomic E-state index is 13.5. The van der Waals surface area contributed by atoms with E-state index in [2.05, 4.69) is 9.97 Å². The molecule has 0 spiro atoms. The van der Waals surface area contributed by atoms with Gasteiger partial charge in [0.2, 0.25) is 0 Å². The van der Waals surface area contributed by atoms with Crippen LogP contribution in [0.5, 0.6) is 0 Å². The molecule has 0 atom stereocenters. The Bertz CT molecular complexity index is 1660. The SMILES string of the molecule is Cc1ccccc1-n1c(SCc2nc3cc(Cl)ccc3c(=O)[nH]2)nc2cc(Cl)ccc2c1=O. The third kappa shape index (κ3) is 4.15. The first-order chi connectivity index (χ1) is 15.9. The zero-order chi connectivity index (χ0) is 23.1. The fourth-order valence-corrected chi connectivity index (χ4v) is 4.83. The first kappa shape index (κ1) is 21.7. The monoisotopic (exact) mass is 494 g/mol.